The number of hydrogen-bond donors (Lipinski definition) is 3. The third kappa shape index (κ3) is 3.54. The first-order valence-corrected chi connectivity index (χ1v) is 11.2. The predicted molar refractivity (Wildman–Crippen MR) is 111 cm³/mol. The van der Waals surface area contributed by atoms with Crippen molar-refractivity contribution in [2.45, 2.75) is 57.7 Å². The van der Waals surface area contributed by atoms with Crippen LogP contribution in [-0.2, 0) is 22.7 Å². The molecular weight excluding hydrogens is 380 g/mol. The van der Waals surface area contributed by atoms with Gasteiger partial charge in [-0.15, -0.1) is 0 Å². The molecule has 5 rings (SSSR count). The highest BCUT2D eigenvalue weighted by atomic mass is 16.2. The van der Waals surface area contributed by atoms with Gasteiger partial charge in [0.15, 0.2) is 0 Å². The third-order valence-corrected chi connectivity index (χ3v) is 7.54. The second-order valence-corrected chi connectivity index (χ2v) is 9.50. The lowest BCUT2D eigenvalue weighted by Gasteiger charge is -2.50. The van der Waals surface area contributed by atoms with E-state index in [1.807, 2.05) is 12.1 Å². The molecule has 1 saturated carbocycles. The molecule has 3 amide bonds. The quantitative estimate of drug-likeness (QED) is 0.637. The molecule has 1 spiro atoms. The van der Waals surface area contributed by atoms with E-state index in [1.165, 1.54) is 25.7 Å². The molecule has 1 unspecified atom stereocenters. The van der Waals surface area contributed by atoms with Crippen LogP contribution < -0.4 is 16.0 Å². The average molecular weight is 411 g/mol. The summed E-state index contributed by atoms with van der Waals surface area (Å²) in [5.74, 6) is 0.0334. The van der Waals surface area contributed by atoms with Crippen LogP contribution in [0.4, 0.5) is 0 Å². The molecule has 1 aliphatic carbocycles. The minimum Gasteiger partial charge on any atom is -0.322 e. The van der Waals surface area contributed by atoms with Crippen molar-refractivity contribution in [3.8, 4) is 0 Å². The lowest BCUT2D eigenvalue weighted by Crippen LogP contribution is -2.52. The number of nitrogens with zero attached hydrogens (tertiary/aromatic N) is 1. The Bertz CT molecular complexity index is 869. The number of piperidine rings is 2. The van der Waals surface area contributed by atoms with Gasteiger partial charge < -0.3 is 15.5 Å². The molecule has 0 radical (unpaired) electrons. The van der Waals surface area contributed by atoms with Gasteiger partial charge in [-0.1, -0.05) is 12.1 Å². The molecule has 3 heterocycles. The van der Waals surface area contributed by atoms with E-state index in [0.717, 1.165) is 43.2 Å². The molecule has 3 aliphatic heterocycles. The summed E-state index contributed by atoms with van der Waals surface area (Å²) in [6.07, 6.45) is 5.97. The van der Waals surface area contributed by atoms with Crippen LogP contribution in [0.25, 0.3) is 0 Å². The summed E-state index contributed by atoms with van der Waals surface area (Å²) in [5.41, 5.74) is 3.44. The molecule has 1 aromatic rings. The predicted octanol–water partition coefficient (Wildman–Crippen LogP) is 1.32. The Kier molecular flexibility index (Phi) is 5.11. The molecule has 160 valence electrons. The largest absolute Gasteiger partial charge is 0.322 e. The number of fused-ring (bicyclic) bond motifs is 1. The summed E-state index contributed by atoms with van der Waals surface area (Å²) in [6, 6.07) is 5.29. The van der Waals surface area contributed by atoms with Gasteiger partial charge in [0, 0.05) is 25.1 Å². The Morgan fingerprint density at radius 2 is 1.93 bits per heavy atom. The van der Waals surface area contributed by atoms with E-state index < -0.39 is 6.04 Å². The Labute approximate surface area is 177 Å². The van der Waals surface area contributed by atoms with Crippen molar-refractivity contribution in [2.24, 2.45) is 11.3 Å². The first-order valence-electron chi connectivity index (χ1n) is 11.2. The van der Waals surface area contributed by atoms with Crippen LogP contribution in [0.1, 0.15) is 60.0 Å². The third-order valence-electron chi connectivity index (χ3n) is 7.54. The molecule has 7 heteroatoms. The second-order valence-electron chi connectivity index (χ2n) is 9.50. The molecule has 3 N–H and O–H groups in total. The summed E-state index contributed by atoms with van der Waals surface area (Å²) in [6.45, 7) is 4.52. The standard InChI is InChI=1S/C23H30N4O3/c28-20-5-4-19(21(29)26-20)27-14-18-16(2-1-3-17(18)22(27)30)13-25-12-15-10-23(11-15)6-8-24-9-7-23/h1-3,15,19,24-25H,4-14H2,(H,26,28,29). The molecule has 1 aromatic carbocycles. The monoisotopic (exact) mass is 410 g/mol. The summed E-state index contributed by atoms with van der Waals surface area (Å²) in [7, 11) is 0. The molecule has 7 nitrogen and oxygen atoms in total. The summed E-state index contributed by atoms with van der Waals surface area (Å²) in [4.78, 5) is 38.2. The van der Waals surface area contributed by atoms with Crippen molar-refractivity contribution >= 4 is 17.7 Å². The Hall–Kier alpha value is -2.25. The van der Waals surface area contributed by atoms with Crippen molar-refractivity contribution in [1.29, 1.82) is 0 Å². The molecular formula is C23H30N4O3. The lowest BCUT2D eigenvalue weighted by molar-refractivity contribution is -0.136. The minimum absolute atomic E-state index is 0.104. The number of amides is 3. The van der Waals surface area contributed by atoms with E-state index in [1.54, 1.807) is 4.90 Å². The summed E-state index contributed by atoms with van der Waals surface area (Å²) >= 11 is 0. The maximum Gasteiger partial charge on any atom is 0.255 e. The fraction of sp³-hybridized carbons (Fsp3) is 0.609. The first kappa shape index (κ1) is 19.7. The van der Waals surface area contributed by atoms with Crippen LogP contribution in [0.15, 0.2) is 18.2 Å². The fourth-order valence-corrected chi connectivity index (χ4v) is 5.90. The number of benzene rings is 1. The highest BCUT2D eigenvalue weighted by molar-refractivity contribution is 6.05. The van der Waals surface area contributed by atoms with Gasteiger partial charge in [0.1, 0.15) is 6.04 Å². The van der Waals surface area contributed by atoms with Gasteiger partial charge >= 0.3 is 0 Å². The van der Waals surface area contributed by atoms with Crippen LogP contribution in [0.3, 0.4) is 0 Å². The van der Waals surface area contributed by atoms with Gasteiger partial charge in [-0.2, -0.15) is 0 Å². The Balaban J connectivity index is 1.19. The Morgan fingerprint density at radius 3 is 2.70 bits per heavy atom. The van der Waals surface area contributed by atoms with Gasteiger partial charge in [-0.05, 0) is 80.3 Å². The first-order chi connectivity index (χ1) is 14.5. The SMILES string of the molecule is O=C1CCC(N2Cc3c(CNCC4CC5(CCNCC5)C4)cccc3C2=O)C(=O)N1. The van der Waals surface area contributed by atoms with Gasteiger partial charge in [-0.3, -0.25) is 19.7 Å². The number of carbonyl (C=O) groups excluding carboxylic acids is 3. The number of carbonyl (C=O) groups is 3. The highest BCUT2D eigenvalue weighted by Gasteiger charge is 2.44. The Morgan fingerprint density at radius 1 is 1.13 bits per heavy atom. The van der Waals surface area contributed by atoms with Gasteiger partial charge in [0.25, 0.3) is 5.91 Å². The molecule has 1 atom stereocenters. The van der Waals surface area contributed by atoms with Crippen molar-refractivity contribution < 1.29 is 14.4 Å². The van der Waals surface area contributed by atoms with Crippen LogP contribution in [0.5, 0.6) is 0 Å². The maximum atomic E-state index is 12.9. The van der Waals surface area contributed by atoms with Crippen molar-refractivity contribution in [1.82, 2.24) is 20.9 Å². The number of nitrogens with one attached hydrogen (secondary N) is 3. The van der Waals surface area contributed by atoms with E-state index in [4.69, 9.17) is 0 Å². The average Bonchev–Trinajstić information content (AvgIpc) is 3.05. The molecule has 0 bridgehead atoms. The topological polar surface area (TPSA) is 90.5 Å². The van der Waals surface area contributed by atoms with Gasteiger partial charge in [0.05, 0.1) is 0 Å². The lowest BCUT2D eigenvalue weighted by atomic mass is 9.58. The second kappa shape index (κ2) is 7.78. The maximum absolute atomic E-state index is 12.9. The van der Waals surface area contributed by atoms with Crippen LogP contribution >= 0.6 is 0 Å². The smallest absolute Gasteiger partial charge is 0.255 e. The van der Waals surface area contributed by atoms with Crippen molar-refractivity contribution in [2.75, 3.05) is 19.6 Å². The summed E-state index contributed by atoms with van der Waals surface area (Å²) in [5, 5.41) is 9.43. The summed E-state index contributed by atoms with van der Waals surface area (Å²) < 4.78 is 0. The highest BCUT2D eigenvalue weighted by Crippen LogP contribution is 2.51. The van der Waals surface area contributed by atoms with E-state index in [0.29, 0.717) is 23.9 Å². The zero-order chi connectivity index (χ0) is 20.7. The van der Waals surface area contributed by atoms with Gasteiger partial charge in [0.2, 0.25) is 11.8 Å². The van der Waals surface area contributed by atoms with Crippen LogP contribution in [0, 0.1) is 11.3 Å². The molecule has 3 fully saturated rings. The van der Waals surface area contributed by atoms with Crippen LogP contribution in [0.2, 0.25) is 0 Å². The van der Waals surface area contributed by atoms with Crippen molar-refractivity contribution in [3.05, 3.63) is 34.9 Å². The number of hydrogen-bond acceptors (Lipinski definition) is 5. The number of imide groups is 1. The normalized spacial score (nSPS) is 25.9. The van der Waals surface area contributed by atoms with Gasteiger partial charge in [-0.25, -0.2) is 0 Å². The molecule has 30 heavy (non-hydrogen) atoms. The fourth-order valence-electron chi connectivity index (χ4n) is 5.90. The molecule has 2 saturated heterocycles. The number of rotatable bonds is 5. The zero-order valence-corrected chi connectivity index (χ0v) is 17.3. The van der Waals surface area contributed by atoms with Crippen LogP contribution in [-0.4, -0.2) is 48.3 Å². The van der Waals surface area contributed by atoms with Crippen molar-refractivity contribution in [3.63, 3.8) is 0 Å². The molecule has 4 aliphatic rings. The van der Waals surface area contributed by atoms with E-state index in [9.17, 15) is 14.4 Å². The van der Waals surface area contributed by atoms with E-state index in [2.05, 4.69) is 22.0 Å². The minimum atomic E-state index is -0.556. The van der Waals surface area contributed by atoms with E-state index in [-0.39, 0.29) is 24.1 Å². The van der Waals surface area contributed by atoms with E-state index >= 15 is 0 Å². The zero-order valence-electron chi connectivity index (χ0n) is 17.3. The molecule has 0 aromatic heterocycles.